The molecule has 0 bridgehead atoms. The van der Waals surface area contributed by atoms with Gasteiger partial charge in [0.1, 0.15) is 18.1 Å². The minimum Gasteiger partial charge on any atom is -0.497 e. The molecule has 0 amide bonds. The maximum absolute atomic E-state index is 12.8. The van der Waals surface area contributed by atoms with Crippen LogP contribution in [0.25, 0.3) is 0 Å². The predicted octanol–water partition coefficient (Wildman–Crippen LogP) is 2.92. The van der Waals surface area contributed by atoms with E-state index in [-0.39, 0.29) is 23.7 Å². The summed E-state index contributed by atoms with van der Waals surface area (Å²) in [5.41, 5.74) is 0.786. The second-order valence-corrected chi connectivity index (χ2v) is 8.01. The van der Waals surface area contributed by atoms with Crippen LogP contribution in [0.4, 0.5) is 5.69 Å². The molecule has 0 fully saturated rings. The van der Waals surface area contributed by atoms with Gasteiger partial charge in [0.2, 0.25) is 10.0 Å². The van der Waals surface area contributed by atoms with Crippen molar-refractivity contribution in [3.63, 3.8) is 0 Å². The zero-order valence-electron chi connectivity index (χ0n) is 15.6. The maximum atomic E-state index is 12.8. The van der Waals surface area contributed by atoms with E-state index < -0.39 is 14.9 Å². The predicted molar refractivity (Wildman–Crippen MR) is 101 cm³/mol. The second kappa shape index (κ2) is 8.36. The Balaban J connectivity index is 2.12. The van der Waals surface area contributed by atoms with E-state index in [0.717, 1.165) is 10.4 Å². The molecule has 0 unspecified atom stereocenters. The largest absolute Gasteiger partial charge is 0.497 e. The first kappa shape index (κ1) is 20.7. The number of hydrogen-bond donors (Lipinski definition) is 0. The highest BCUT2D eigenvalue weighted by Gasteiger charge is 2.26. The van der Waals surface area contributed by atoms with E-state index in [0.29, 0.717) is 22.6 Å². The molecule has 0 aliphatic carbocycles. The topological polar surface area (TPSA) is 99.0 Å². The highest BCUT2D eigenvalue weighted by atomic mass is 32.2. The number of sulfonamides is 1. The van der Waals surface area contributed by atoms with Gasteiger partial charge >= 0.3 is 0 Å². The Bertz CT molecular complexity index is 926. The number of nitro groups is 1. The number of ether oxygens (including phenoxy) is 2. The average Bonchev–Trinajstić information content (AvgIpc) is 2.63. The molecule has 2 aromatic rings. The quantitative estimate of drug-likeness (QED) is 0.504. The van der Waals surface area contributed by atoms with Gasteiger partial charge < -0.3 is 9.47 Å². The van der Waals surface area contributed by atoms with E-state index in [1.54, 1.807) is 45.2 Å². The van der Waals surface area contributed by atoms with Crippen LogP contribution in [-0.4, -0.2) is 45.0 Å². The molecule has 0 aliphatic heterocycles. The van der Waals surface area contributed by atoms with Gasteiger partial charge in [-0.2, -0.15) is 4.31 Å². The highest BCUT2D eigenvalue weighted by Crippen LogP contribution is 2.27. The lowest BCUT2D eigenvalue weighted by Crippen LogP contribution is -2.31. The summed E-state index contributed by atoms with van der Waals surface area (Å²) in [7, 11) is -0.905. The molecule has 0 saturated heterocycles. The van der Waals surface area contributed by atoms with Crippen LogP contribution < -0.4 is 9.47 Å². The van der Waals surface area contributed by atoms with Crippen LogP contribution in [0.3, 0.4) is 0 Å². The lowest BCUT2D eigenvalue weighted by atomic mass is 10.1. The van der Waals surface area contributed by atoms with Gasteiger partial charge in [0, 0.05) is 25.7 Å². The molecule has 8 nitrogen and oxygen atoms in total. The summed E-state index contributed by atoms with van der Waals surface area (Å²) in [5.74, 6) is 1.28. The third-order valence-corrected chi connectivity index (χ3v) is 6.22. The number of aryl methyl sites for hydroxylation is 1. The van der Waals surface area contributed by atoms with Crippen LogP contribution in [0.1, 0.15) is 11.1 Å². The van der Waals surface area contributed by atoms with Gasteiger partial charge in [-0.3, -0.25) is 10.1 Å². The lowest BCUT2D eigenvalue weighted by molar-refractivity contribution is -0.385. The fraction of sp³-hybridized carbons (Fsp3) is 0.333. The minimum absolute atomic E-state index is 0.0684. The minimum atomic E-state index is -3.88. The van der Waals surface area contributed by atoms with Crippen molar-refractivity contribution in [1.82, 2.24) is 4.31 Å². The number of non-ortho nitro benzene ring substituents is 1. The molecular formula is C18H22N2O6S. The van der Waals surface area contributed by atoms with Gasteiger partial charge in [0.15, 0.2) is 0 Å². The molecular weight excluding hydrogens is 372 g/mol. The Kier molecular flexibility index (Phi) is 6.40. The Labute approximate surface area is 158 Å². The third kappa shape index (κ3) is 4.75. The molecule has 0 radical (unpaired) electrons. The number of hydrogen-bond acceptors (Lipinski definition) is 6. The first-order valence-corrected chi connectivity index (χ1v) is 9.59. The molecule has 0 aliphatic rings. The summed E-state index contributed by atoms with van der Waals surface area (Å²) < 4.78 is 37.4. The first-order valence-electron chi connectivity index (χ1n) is 8.15. The standard InChI is InChI=1S/C18H22N2O6S/c1-13-11-15(20(21)22)12-18(14(13)2)27(23,24)19(3)9-10-26-17-7-5-16(25-4)6-8-17/h5-8,11-12H,9-10H2,1-4H3. The number of nitro benzene ring substituents is 1. The van der Waals surface area contributed by atoms with Gasteiger partial charge in [-0.25, -0.2) is 8.42 Å². The van der Waals surface area contributed by atoms with Gasteiger partial charge in [-0.15, -0.1) is 0 Å². The molecule has 0 atom stereocenters. The van der Waals surface area contributed by atoms with Crippen LogP contribution in [0, 0.1) is 24.0 Å². The maximum Gasteiger partial charge on any atom is 0.271 e. The van der Waals surface area contributed by atoms with Crippen molar-refractivity contribution in [1.29, 1.82) is 0 Å². The third-order valence-electron chi connectivity index (χ3n) is 4.24. The fourth-order valence-corrected chi connectivity index (χ4v) is 3.90. The van der Waals surface area contributed by atoms with Crippen molar-refractivity contribution in [2.24, 2.45) is 0 Å². The Morgan fingerprint density at radius 3 is 2.26 bits per heavy atom. The number of methoxy groups -OCH3 is 1. The van der Waals surface area contributed by atoms with Crippen LogP contribution in [0.2, 0.25) is 0 Å². The number of nitrogens with zero attached hydrogens (tertiary/aromatic N) is 2. The summed E-state index contributed by atoms with van der Waals surface area (Å²) in [6.07, 6.45) is 0. The Hall–Kier alpha value is -2.65. The summed E-state index contributed by atoms with van der Waals surface area (Å²) in [6, 6.07) is 9.39. The molecule has 0 heterocycles. The molecule has 0 N–H and O–H groups in total. The van der Waals surface area contributed by atoms with Crippen molar-refractivity contribution < 1.29 is 22.8 Å². The highest BCUT2D eigenvalue weighted by molar-refractivity contribution is 7.89. The van der Waals surface area contributed by atoms with Crippen molar-refractivity contribution in [2.45, 2.75) is 18.7 Å². The van der Waals surface area contributed by atoms with E-state index in [1.807, 2.05) is 0 Å². The summed E-state index contributed by atoms with van der Waals surface area (Å²) in [6.45, 7) is 3.51. The monoisotopic (exact) mass is 394 g/mol. The molecule has 0 saturated carbocycles. The fourth-order valence-electron chi connectivity index (χ4n) is 2.43. The van der Waals surface area contributed by atoms with E-state index in [1.165, 1.54) is 13.1 Å². The van der Waals surface area contributed by atoms with Crippen LogP contribution in [-0.2, 0) is 10.0 Å². The van der Waals surface area contributed by atoms with Gasteiger partial charge in [0.05, 0.1) is 16.9 Å². The van der Waals surface area contributed by atoms with Crippen molar-refractivity contribution in [3.8, 4) is 11.5 Å². The normalized spacial score (nSPS) is 11.4. The van der Waals surface area contributed by atoms with Gasteiger partial charge in [-0.1, -0.05) is 0 Å². The summed E-state index contributed by atoms with van der Waals surface area (Å²) in [4.78, 5) is 10.4. The van der Waals surface area contributed by atoms with Crippen LogP contribution in [0.15, 0.2) is 41.3 Å². The Morgan fingerprint density at radius 1 is 1.11 bits per heavy atom. The summed E-state index contributed by atoms with van der Waals surface area (Å²) in [5, 5.41) is 11.1. The van der Waals surface area contributed by atoms with E-state index >= 15 is 0 Å². The van der Waals surface area contributed by atoms with Crippen molar-refractivity contribution >= 4 is 15.7 Å². The van der Waals surface area contributed by atoms with Crippen LogP contribution in [0.5, 0.6) is 11.5 Å². The molecule has 2 aromatic carbocycles. The van der Waals surface area contributed by atoms with Gasteiger partial charge in [0.25, 0.3) is 5.69 Å². The second-order valence-electron chi connectivity index (χ2n) is 5.99. The first-order chi connectivity index (χ1) is 12.7. The molecule has 9 heteroatoms. The van der Waals surface area contributed by atoms with Crippen molar-refractivity contribution in [3.05, 3.63) is 57.6 Å². The summed E-state index contributed by atoms with van der Waals surface area (Å²) >= 11 is 0. The molecule has 0 aromatic heterocycles. The van der Waals surface area contributed by atoms with E-state index in [4.69, 9.17) is 9.47 Å². The number of likely N-dealkylation sites (N-methyl/N-ethyl adjacent to an activating group) is 1. The number of benzene rings is 2. The number of rotatable bonds is 8. The zero-order valence-corrected chi connectivity index (χ0v) is 16.4. The average molecular weight is 394 g/mol. The van der Waals surface area contributed by atoms with Crippen LogP contribution >= 0.6 is 0 Å². The lowest BCUT2D eigenvalue weighted by Gasteiger charge is -2.19. The smallest absolute Gasteiger partial charge is 0.271 e. The molecule has 146 valence electrons. The van der Waals surface area contributed by atoms with E-state index in [2.05, 4.69) is 0 Å². The van der Waals surface area contributed by atoms with Gasteiger partial charge in [-0.05, 0) is 49.2 Å². The SMILES string of the molecule is COc1ccc(OCCN(C)S(=O)(=O)c2cc([N+](=O)[O-])cc(C)c2C)cc1. The Morgan fingerprint density at radius 2 is 1.70 bits per heavy atom. The zero-order chi connectivity index (χ0) is 20.2. The van der Waals surface area contributed by atoms with E-state index in [9.17, 15) is 18.5 Å². The van der Waals surface area contributed by atoms with Crippen molar-refractivity contribution in [2.75, 3.05) is 27.3 Å². The molecule has 0 spiro atoms. The molecule has 27 heavy (non-hydrogen) atoms. The molecule has 2 rings (SSSR count).